The zero-order chi connectivity index (χ0) is 13.1. The molecule has 2 aromatic carbocycles. The molecule has 0 radical (unpaired) electrons. The van der Waals surface area contributed by atoms with E-state index in [-0.39, 0.29) is 5.92 Å². The van der Waals surface area contributed by atoms with Crippen LogP contribution in [0.3, 0.4) is 0 Å². The summed E-state index contributed by atoms with van der Waals surface area (Å²) in [4.78, 5) is 11.3. The molecule has 3 heteroatoms. The molecule has 0 aliphatic rings. The average molecular weight is 305 g/mol. The quantitative estimate of drug-likeness (QED) is 0.918. The predicted octanol–water partition coefficient (Wildman–Crippen LogP) is 4.30. The summed E-state index contributed by atoms with van der Waals surface area (Å²) < 4.78 is 0.781. The molecule has 0 fully saturated rings. The summed E-state index contributed by atoms with van der Waals surface area (Å²) in [5, 5.41) is 9.27. The van der Waals surface area contributed by atoms with E-state index >= 15 is 0 Å². The summed E-state index contributed by atoms with van der Waals surface area (Å²) in [5.41, 5.74) is 2.29. The van der Waals surface area contributed by atoms with E-state index in [1.165, 1.54) is 0 Å². The van der Waals surface area contributed by atoms with Gasteiger partial charge in [-0.25, -0.2) is 4.79 Å². The Morgan fingerprint density at radius 3 is 2.44 bits per heavy atom. The summed E-state index contributed by atoms with van der Waals surface area (Å²) in [5.74, 6) is -0.834. The van der Waals surface area contributed by atoms with E-state index in [0.717, 1.165) is 15.6 Å². The third-order valence-electron chi connectivity index (χ3n) is 3.01. The molecule has 1 N–H and O–H groups in total. The van der Waals surface area contributed by atoms with Crippen LogP contribution in [0, 0.1) is 0 Å². The number of hydrogen-bond donors (Lipinski definition) is 1. The van der Waals surface area contributed by atoms with E-state index in [1.807, 2.05) is 49.4 Å². The van der Waals surface area contributed by atoms with Crippen LogP contribution < -0.4 is 0 Å². The van der Waals surface area contributed by atoms with Crippen LogP contribution in [0.15, 0.2) is 53.0 Å². The highest BCUT2D eigenvalue weighted by Gasteiger charge is 2.17. The van der Waals surface area contributed by atoms with E-state index in [0.29, 0.717) is 5.56 Å². The lowest BCUT2D eigenvalue weighted by Crippen LogP contribution is -2.06. The van der Waals surface area contributed by atoms with Crippen molar-refractivity contribution in [2.75, 3.05) is 0 Å². The number of rotatable bonds is 3. The highest BCUT2D eigenvalue weighted by Crippen LogP contribution is 2.28. The number of carboxylic acids is 1. The van der Waals surface area contributed by atoms with Gasteiger partial charge in [0.15, 0.2) is 0 Å². The molecular formula is C15H13BrO2. The maximum Gasteiger partial charge on any atom is 0.336 e. The van der Waals surface area contributed by atoms with Crippen LogP contribution in [-0.2, 0) is 0 Å². The molecule has 0 saturated heterocycles. The number of aromatic carboxylic acids is 1. The summed E-state index contributed by atoms with van der Waals surface area (Å²) in [6.45, 7) is 2.02. The standard InChI is InChI=1S/C15H13BrO2/c1-10(11-5-3-2-4-6-11)13-8-7-12(16)9-14(13)15(17)18/h2-10H,1H3,(H,17,18)/t10-/m0/s1. The zero-order valence-corrected chi connectivity index (χ0v) is 11.5. The fourth-order valence-corrected chi connectivity index (χ4v) is 2.37. The highest BCUT2D eigenvalue weighted by molar-refractivity contribution is 9.10. The lowest BCUT2D eigenvalue weighted by Gasteiger charge is -2.15. The normalized spacial score (nSPS) is 12.1. The van der Waals surface area contributed by atoms with Gasteiger partial charge in [0.1, 0.15) is 0 Å². The van der Waals surface area contributed by atoms with Crippen molar-refractivity contribution in [3.05, 3.63) is 69.7 Å². The van der Waals surface area contributed by atoms with Crippen LogP contribution in [0.2, 0.25) is 0 Å². The topological polar surface area (TPSA) is 37.3 Å². The Balaban J connectivity index is 2.48. The lowest BCUT2D eigenvalue weighted by atomic mass is 9.90. The van der Waals surface area contributed by atoms with Gasteiger partial charge < -0.3 is 5.11 Å². The van der Waals surface area contributed by atoms with Gasteiger partial charge in [-0.2, -0.15) is 0 Å². The van der Waals surface area contributed by atoms with Gasteiger partial charge in [-0.05, 0) is 23.3 Å². The Morgan fingerprint density at radius 2 is 1.83 bits per heavy atom. The van der Waals surface area contributed by atoms with Crippen molar-refractivity contribution in [3.63, 3.8) is 0 Å². The van der Waals surface area contributed by atoms with Gasteiger partial charge in [-0.3, -0.25) is 0 Å². The monoisotopic (exact) mass is 304 g/mol. The van der Waals surface area contributed by atoms with Crippen molar-refractivity contribution in [1.82, 2.24) is 0 Å². The molecule has 0 aromatic heterocycles. The number of halogens is 1. The van der Waals surface area contributed by atoms with Crippen LogP contribution in [0.1, 0.15) is 34.3 Å². The molecule has 0 unspecified atom stereocenters. The van der Waals surface area contributed by atoms with Crippen molar-refractivity contribution in [3.8, 4) is 0 Å². The van der Waals surface area contributed by atoms with E-state index < -0.39 is 5.97 Å². The Kier molecular flexibility index (Phi) is 3.82. The minimum absolute atomic E-state index is 0.0606. The van der Waals surface area contributed by atoms with Gasteiger partial charge in [-0.1, -0.05) is 59.3 Å². The zero-order valence-electron chi connectivity index (χ0n) is 9.93. The van der Waals surface area contributed by atoms with Crippen molar-refractivity contribution in [1.29, 1.82) is 0 Å². The van der Waals surface area contributed by atoms with Crippen LogP contribution in [0.4, 0.5) is 0 Å². The molecule has 1 atom stereocenters. The fourth-order valence-electron chi connectivity index (χ4n) is 2.01. The second kappa shape index (κ2) is 5.36. The van der Waals surface area contributed by atoms with Gasteiger partial charge in [0.25, 0.3) is 0 Å². The van der Waals surface area contributed by atoms with Crippen LogP contribution in [-0.4, -0.2) is 11.1 Å². The molecule has 18 heavy (non-hydrogen) atoms. The summed E-state index contributed by atoms with van der Waals surface area (Å²) in [6, 6.07) is 15.3. The second-order valence-electron chi connectivity index (χ2n) is 4.17. The first-order valence-electron chi connectivity index (χ1n) is 5.67. The minimum atomic E-state index is -0.894. The van der Waals surface area contributed by atoms with Crippen molar-refractivity contribution < 1.29 is 9.90 Å². The molecule has 0 saturated carbocycles. The van der Waals surface area contributed by atoms with Crippen molar-refractivity contribution in [2.45, 2.75) is 12.8 Å². The predicted molar refractivity (Wildman–Crippen MR) is 75.1 cm³/mol. The van der Waals surface area contributed by atoms with E-state index in [2.05, 4.69) is 15.9 Å². The number of carbonyl (C=O) groups is 1. The third kappa shape index (κ3) is 2.62. The van der Waals surface area contributed by atoms with Crippen molar-refractivity contribution in [2.24, 2.45) is 0 Å². The number of carboxylic acid groups (broad SMARTS) is 1. The third-order valence-corrected chi connectivity index (χ3v) is 3.51. The Hall–Kier alpha value is -1.61. The SMILES string of the molecule is C[C@@H](c1ccccc1)c1ccc(Br)cc1C(=O)O. The van der Waals surface area contributed by atoms with Gasteiger partial charge in [-0.15, -0.1) is 0 Å². The summed E-state index contributed by atoms with van der Waals surface area (Å²) in [7, 11) is 0. The summed E-state index contributed by atoms with van der Waals surface area (Å²) in [6.07, 6.45) is 0. The van der Waals surface area contributed by atoms with Gasteiger partial charge in [0.2, 0.25) is 0 Å². The molecule has 2 nitrogen and oxygen atoms in total. The Bertz CT molecular complexity index is 564. The van der Waals surface area contributed by atoms with Crippen LogP contribution in [0.25, 0.3) is 0 Å². The van der Waals surface area contributed by atoms with Gasteiger partial charge in [0.05, 0.1) is 5.56 Å². The average Bonchev–Trinajstić information content (AvgIpc) is 2.39. The van der Waals surface area contributed by atoms with E-state index in [1.54, 1.807) is 6.07 Å². The molecule has 0 aliphatic carbocycles. The minimum Gasteiger partial charge on any atom is -0.478 e. The molecule has 0 spiro atoms. The summed E-state index contributed by atoms with van der Waals surface area (Å²) >= 11 is 3.31. The van der Waals surface area contributed by atoms with Gasteiger partial charge >= 0.3 is 5.97 Å². The molecule has 0 bridgehead atoms. The first-order chi connectivity index (χ1) is 8.59. The first kappa shape index (κ1) is 12.8. The molecule has 92 valence electrons. The number of hydrogen-bond acceptors (Lipinski definition) is 1. The van der Waals surface area contributed by atoms with Crippen LogP contribution in [0.5, 0.6) is 0 Å². The fraction of sp³-hybridized carbons (Fsp3) is 0.133. The molecule has 2 aromatic rings. The Morgan fingerprint density at radius 1 is 1.17 bits per heavy atom. The lowest BCUT2D eigenvalue weighted by molar-refractivity contribution is 0.0695. The highest BCUT2D eigenvalue weighted by atomic mass is 79.9. The molecular weight excluding hydrogens is 292 g/mol. The smallest absolute Gasteiger partial charge is 0.336 e. The number of benzene rings is 2. The Labute approximate surface area is 114 Å². The molecule has 0 amide bonds. The van der Waals surface area contributed by atoms with Gasteiger partial charge in [0, 0.05) is 10.4 Å². The van der Waals surface area contributed by atoms with E-state index in [9.17, 15) is 9.90 Å². The molecule has 0 aliphatic heterocycles. The molecule has 0 heterocycles. The second-order valence-corrected chi connectivity index (χ2v) is 5.08. The van der Waals surface area contributed by atoms with E-state index in [4.69, 9.17) is 0 Å². The van der Waals surface area contributed by atoms with Crippen molar-refractivity contribution >= 4 is 21.9 Å². The van der Waals surface area contributed by atoms with Crippen LogP contribution >= 0.6 is 15.9 Å². The first-order valence-corrected chi connectivity index (χ1v) is 6.46. The molecule has 2 rings (SSSR count). The maximum absolute atomic E-state index is 11.3. The maximum atomic E-state index is 11.3. The largest absolute Gasteiger partial charge is 0.478 e.